The molecule has 1 N–H and O–H groups in total. The normalized spacial score (nSPS) is 15.2. The molecule has 0 saturated heterocycles. The lowest BCUT2D eigenvalue weighted by Gasteiger charge is -2.24. The molecule has 0 aromatic heterocycles. The van der Waals surface area contributed by atoms with Gasteiger partial charge in [-0.1, -0.05) is 43.4 Å². The van der Waals surface area contributed by atoms with E-state index in [1.165, 1.54) is 0 Å². The molecule has 0 aliphatic rings. The van der Waals surface area contributed by atoms with Crippen LogP contribution in [0.15, 0.2) is 4.90 Å². The van der Waals surface area contributed by atoms with Crippen molar-refractivity contribution in [2.45, 2.75) is 41.9 Å². The fourth-order valence-corrected chi connectivity index (χ4v) is 3.43. The van der Waals surface area contributed by atoms with Crippen LogP contribution in [0.4, 0.5) is 17.6 Å². The monoisotopic (exact) mass is 454 g/mol. The number of hydrogen-bond donors (Lipinski definition) is 1. The summed E-state index contributed by atoms with van der Waals surface area (Å²) in [4.78, 5) is -2.00. The van der Waals surface area contributed by atoms with Crippen molar-refractivity contribution in [1.82, 2.24) is 0 Å². The highest BCUT2D eigenvalue weighted by Crippen LogP contribution is 2.38. The van der Waals surface area contributed by atoms with E-state index >= 15 is 0 Å². The molecule has 22 heavy (non-hydrogen) atoms. The van der Waals surface area contributed by atoms with Crippen LogP contribution in [0.5, 0.6) is 0 Å². The van der Waals surface area contributed by atoms with Gasteiger partial charge in [0.25, 0.3) is 0 Å². The molecular formula is C13H15F4IO3S. The van der Waals surface area contributed by atoms with Crippen LogP contribution in [0.1, 0.15) is 38.7 Å². The van der Waals surface area contributed by atoms with Crippen molar-refractivity contribution in [1.29, 1.82) is 0 Å². The van der Waals surface area contributed by atoms with Gasteiger partial charge in [-0.25, -0.2) is 17.6 Å². The standard InChI is InChI=1S/C13H15F4IO3S/c1-5(2)7(4-6(3)18)8-9(14)11(16)13(22(19,20)21)12(17)10(8)15/h5-7H,4H2,1-3H3,(H,19,20,21). The second kappa shape index (κ2) is 7.00. The van der Waals surface area contributed by atoms with Crippen molar-refractivity contribution in [2.24, 2.45) is 5.92 Å². The van der Waals surface area contributed by atoms with E-state index in [0.717, 1.165) is 0 Å². The molecule has 1 aromatic rings. The second-order valence-corrected chi connectivity index (χ2v) is 8.83. The zero-order valence-electron chi connectivity index (χ0n) is 12.0. The smallest absolute Gasteiger partial charge is 0.282 e. The highest BCUT2D eigenvalue weighted by molar-refractivity contribution is 14.1. The van der Waals surface area contributed by atoms with E-state index in [2.05, 4.69) is 0 Å². The van der Waals surface area contributed by atoms with Gasteiger partial charge in [-0.05, 0) is 18.3 Å². The number of benzene rings is 1. The quantitative estimate of drug-likeness (QED) is 0.235. The largest absolute Gasteiger partial charge is 0.300 e. The zero-order valence-corrected chi connectivity index (χ0v) is 15.0. The molecule has 0 amide bonds. The van der Waals surface area contributed by atoms with Crippen molar-refractivity contribution in [3.05, 3.63) is 28.8 Å². The maximum Gasteiger partial charge on any atom is 0.300 e. The topological polar surface area (TPSA) is 54.4 Å². The third-order valence-corrected chi connectivity index (χ3v) is 4.65. The molecular weight excluding hydrogens is 439 g/mol. The number of hydrogen-bond acceptors (Lipinski definition) is 2. The molecule has 0 saturated carbocycles. The molecule has 0 radical (unpaired) electrons. The summed E-state index contributed by atoms with van der Waals surface area (Å²) in [5, 5.41) is 0. The first-order chi connectivity index (χ1) is 9.89. The minimum Gasteiger partial charge on any atom is -0.282 e. The Morgan fingerprint density at radius 3 is 1.68 bits per heavy atom. The van der Waals surface area contributed by atoms with Gasteiger partial charge in [0.15, 0.2) is 28.2 Å². The maximum absolute atomic E-state index is 14.1. The molecule has 1 aromatic carbocycles. The van der Waals surface area contributed by atoms with Crippen molar-refractivity contribution in [2.75, 3.05) is 0 Å². The van der Waals surface area contributed by atoms with Crippen LogP contribution < -0.4 is 0 Å². The molecule has 0 aliphatic carbocycles. The Balaban J connectivity index is 3.71. The summed E-state index contributed by atoms with van der Waals surface area (Å²) in [5.74, 6) is -8.97. The van der Waals surface area contributed by atoms with Gasteiger partial charge in [0.05, 0.1) is 0 Å². The summed E-state index contributed by atoms with van der Waals surface area (Å²) < 4.78 is 86.5. The molecule has 126 valence electrons. The van der Waals surface area contributed by atoms with Gasteiger partial charge < -0.3 is 0 Å². The molecule has 0 fully saturated rings. The van der Waals surface area contributed by atoms with Crippen LogP contribution in [0.2, 0.25) is 0 Å². The van der Waals surface area contributed by atoms with Crippen molar-refractivity contribution in [3.63, 3.8) is 0 Å². The Labute approximate surface area is 140 Å². The fraction of sp³-hybridized carbons (Fsp3) is 0.538. The third-order valence-electron chi connectivity index (χ3n) is 3.27. The first kappa shape index (κ1) is 19.6. The van der Waals surface area contributed by atoms with Crippen LogP contribution in [0.3, 0.4) is 0 Å². The first-order valence-electron chi connectivity index (χ1n) is 6.36. The summed E-state index contributed by atoms with van der Waals surface area (Å²) in [6.45, 7) is 5.04. The Hall–Kier alpha value is -0.420. The lowest BCUT2D eigenvalue weighted by atomic mass is 9.84. The van der Waals surface area contributed by atoms with Crippen molar-refractivity contribution >= 4 is 32.7 Å². The fourth-order valence-electron chi connectivity index (χ4n) is 2.25. The molecule has 2 atom stereocenters. The molecule has 0 spiro atoms. The lowest BCUT2D eigenvalue weighted by molar-refractivity contribution is 0.364. The average molecular weight is 454 g/mol. The number of halogens is 5. The maximum atomic E-state index is 14.1. The summed E-state index contributed by atoms with van der Waals surface area (Å²) in [7, 11) is -5.43. The molecule has 9 heteroatoms. The van der Waals surface area contributed by atoms with Crippen LogP contribution in [-0.4, -0.2) is 16.9 Å². The van der Waals surface area contributed by atoms with Crippen molar-refractivity contribution < 1.29 is 30.5 Å². The summed E-state index contributed by atoms with van der Waals surface area (Å²) in [5.41, 5.74) is -0.832. The van der Waals surface area contributed by atoms with E-state index in [1.807, 2.05) is 22.6 Å². The van der Waals surface area contributed by atoms with Crippen molar-refractivity contribution in [3.8, 4) is 0 Å². The van der Waals surface area contributed by atoms with E-state index in [1.54, 1.807) is 20.8 Å². The minimum atomic E-state index is -5.43. The third kappa shape index (κ3) is 3.91. The summed E-state index contributed by atoms with van der Waals surface area (Å²) in [6, 6.07) is 0. The van der Waals surface area contributed by atoms with E-state index < -0.39 is 49.8 Å². The molecule has 0 bridgehead atoms. The number of alkyl halides is 1. The Kier molecular flexibility index (Phi) is 6.24. The predicted molar refractivity (Wildman–Crippen MR) is 81.8 cm³/mol. The Morgan fingerprint density at radius 1 is 1.00 bits per heavy atom. The van der Waals surface area contributed by atoms with E-state index in [4.69, 9.17) is 4.55 Å². The van der Waals surface area contributed by atoms with E-state index in [0.29, 0.717) is 0 Å². The van der Waals surface area contributed by atoms with Gasteiger partial charge in [-0.3, -0.25) is 4.55 Å². The minimum absolute atomic E-state index is 0.0313. The zero-order chi connectivity index (χ0) is 17.4. The van der Waals surface area contributed by atoms with E-state index in [9.17, 15) is 26.0 Å². The predicted octanol–water partition coefficient (Wildman–Crippen LogP) is 4.44. The Bertz CT molecular complexity index is 645. The molecule has 2 unspecified atom stereocenters. The van der Waals surface area contributed by atoms with Gasteiger partial charge in [-0.2, -0.15) is 8.42 Å². The highest BCUT2D eigenvalue weighted by Gasteiger charge is 2.35. The summed E-state index contributed by atoms with van der Waals surface area (Å²) >= 11 is 2.01. The summed E-state index contributed by atoms with van der Waals surface area (Å²) in [6.07, 6.45) is 0.246. The van der Waals surface area contributed by atoms with Crippen LogP contribution >= 0.6 is 22.6 Å². The first-order valence-corrected chi connectivity index (χ1v) is 9.05. The molecule has 0 heterocycles. The molecule has 1 rings (SSSR count). The van der Waals surface area contributed by atoms with Gasteiger partial charge in [0, 0.05) is 9.49 Å². The van der Waals surface area contributed by atoms with Gasteiger partial charge in [-0.15, -0.1) is 0 Å². The molecule has 3 nitrogen and oxygen atoms in total. The Morgan fingerprint density at radius 2 is 1.41 bits per heavy atom. The highest BCUT2D eigenvalue weighted by atomic mass is 127. The van der Waals surface area contributed by atoms with Crippen LogP contribution in [-0.2, 0) is 10.1 Å². The average Bonchev–Trinajstić information content (AvgIpc) is 2.33. The number of rotatable bonds is 5. The van der Waals surface area contributed by atoms with Gasteiger partial charge >= 0.3 is 10.1 Å². The van der Waals surface area contributed by atoms with Gasteiger partial charge in [0.1, 0.15) is 0 Å². The van der Waals surface area contributed by atoms with Gasteiger partial charge in [0.2, 0.25) is 0 Å². The van der Waals surface area contributed by atoms with Crippen LogP contribution in [0, 0.1) is 29.2 Å². The SMILES string of the molecule is CC(I)CC(c1c(F)c(F)c(S(=O)(=O)O)c(F)c1F)C(C)C. The lowest BCUT2D eigenvalue weighted by Crippen LogP contribution is -2.19. The molecule has 0 aliphatic heterocycles. The van der Waals surface area contributed by atoms with E-state index in [-0.39, 0.29) is 16.3 Å². The van der Waals surface area contributed by atoms with Crippen LogP contribution in [0.25, 0.3) is 0 Å². The second-order valence-electron chi connectivity index (χ2n) is 5.34.